The van der Waals surface area contributed by atoms with Gasteiger partial charge in [0.15, 0.2) is 0 Å². The normalized spacial score (nSPS) is 13.3. The van der Waals surface area contributed by atoms with Gasteiger partial charge >= 0.3 is 6.36 Å². The Hall–Kier alpha value is -1.60. The van der Waals surface area contributed by atoms with Crippen LogP contribution in [0.5, 0.6) is 5.75 Å². The second-order valence-corrected chi connectivity index (χ2v) is 4.80. The molecule has 19 heavy (non-hydrogen) atoms. The first-order chi connectivity index (χ1) is 8.85. The number of aromatic nitrogens is 1. The summed E-state index contributed by atoms with van der Waals surface area (Å²) in [7, 11) is 0. The van der Waals surface area contributed by atoms with Gasteiger partial charge in [0.1, 0.15) is 10.8 Å². The van der Waals surface area contributed by atoms with E-state index in [0.29, 0.717) is 16.3 Å². The second-order valence-electron chi connectivity index (χ2n) is 3.94. The van der Waals surface area contributed by atoms with Gasteiger partial charge in [0.25, 0.3) is 0 Å². The lowest BCUT2D eigenvalue weighted by Crippen LogP contribution is -2.17. The number of hydrogen-bond donors (Lipinski definition) is 1. The lowest BCUT2D eigenvalue weighted by Gasteiger charge is -2.09. The molecule has 102 valence electrons. The maximum atomic E-state index is 12.1. The Balaban J connectivity index is 2.27. The molecular weight excluding hydrogens is 277 g/mol. The fourth-order valence-electron chi connectivity index (χ4n) is 1.45. The van der Waals surface area contributed by atoms with Crippen LogP contribution in [0, 0.1) is 0 Å². The van der Waals surface area contributed by atoms with Crippen LogP contribution in [0.15, 0.2) is 29.6 Å². The van der Waals surface area contributed by atoms with Crippen LogP contribution in [0.1, 0.15) is 18.7 Å². The third kappa shape index (κ3) is 3.68. The lowest BCUT2D eigenvalue weighted by atomic mass is 10.2. The molecule has 7 heteroatoms. The van der Waals surface area contributed by atoms with E-state index in [2.05, 4.69) is 9.72 Å². The van der Waals surface area contributed by atoms with E-state index in [9.17, 15) is 13.2 Å². The summed E-state index contributed by atoms with van der Waals surface area (Å²) in [6.07, 6.45) is -4.70. The Bertz CT molecular complexity index is 566. The van der Waals surface area contributed by atoms with Gasteiger partial charge in [-0.1, -0.05) is 12.1 Å². The number of nitrogens with two attached hydrogens (primary N) is 1. The van der Waals surface area contributed by atoms with Crippen LogP contribution in [-0.4, -0.2) is 11.3 Å². The van der Waals surface area contributed by atoms with Crippen molar-refractivity contribution in [3.05, 3.63) is 35.3 Å². The van der Waals surface area contributed by atoms with E-state index in [1.54, 1.807) is 18.4 Å². The molecule has 2 aromatic rings. The van der Waals surface area contributed by atoms with E-state index in [-0.39, 0.29) is 11.8 Å². The summed E-state index contributed by atoms with van der Waals surface area (Å²) < 4.78 is 40.3. The van der Waals surface area contributed by atoms with Crippen molar-refractivity contribution in [2.24, 2.45) is 5.73 Å². The van der Waals surface area contributed by atoms with Gasteiger partial charge in [0.05, 0.1) is 5.69 Å². The molecule has 0 aliphatic heterocycles. The largest absolute Gasteiger partial charge is 0.573 e. The van der Waals surface area contributed by atoms with Gasteiger partial charge < -0.3 is 10.5 Å². The SMILES string of the molecule is CC(N)c1csc(-c2cccc(OC(F)(F)F)c2)n1. The first-order valence-electron chi connectivity index (χ1n) is 5.42. The average molecular weight is 288 g/mol. The fourth-order valence-corrected chi connectivity index (χ4v) is 2.38. The summed E-state index contributed by atoms with van der Waals surface area (Å²) in [5.41, 5.74) is 6.97. The molecule has 1 atom stereocenters. The van der Waals surface area contributed by atoms with Crippen molar-refractivity contribution in [1.29, 1.82) is 0 Å². The quantitative estimate of drug-likeness (QED) is 0.936. The highest BCUT2D eigenvalue weighted by atomic mass is 32.1. The van der Waals surface area contributed by atoms with Gasteiger partial charge in [-0.2, -0.15) is 0 Å². The molecule has 0 saturated heterocycles. The minimum Gasteiger partial charge on any atom is -0.406 e. The number of nitrogens with zero attached hydrogens (tertiary/aromatic N) is 1. The Morgan fingerprint density at radius 3 is 2.68 bits per heavy atom. The molecular formula is C12H11F3N2OS. The van der Waals surface area contributed by atoms with Crippen LogP contribution in [-0.2, 0) is 0 Å². The predicted octanol–water partition coefficient (Wildman–Crippen LogP) is 3.73. The van der Waals surface area contributed by atoms with Crippen molar-refractivity contribution in [1.82, 2.24) is 4.98 Å². The Kier molecular flexibility index (Phi) is 3.77. The minimum absolute atomic E-state index is 0.209. The first-order valence-corrected chi connectivity index (χ1v) is 6.30. The van der Waals surface area contributed by atoms with Crippen LogP contribution in [0.3, 0.4) is 0 Å². The number of rotatable bonds is 3. The monoisotopic (exact) mass is 288 g/mol. The van der Waals surface area contributed by atoms with E-state index in [4.69, 9.17) is 5.73 Å². The molecule has 0 radical (unpaired) electrons. The minimum atomic E-state index is -4.70. The molecule has 1 aromatic heterocycles. The van der Waals surface area contributed by atoms with Gasteiger partial charge in [-0.25, -0.2) is 4.98 Å². The number of ether oxygens (including phenoxy) is 1. The van der Waals surface area contributed by atoms with Gasteiger partial charge in [-0.15, -0.1) is 24.5 Å². The average Bonchev–Trinajstić information content (AvgIpc) is 2.76. The van der Waals surface area contributed by atoms with Crippen LogP contribution >= 0.6 is 11.3 Å². The van der Waals surface area contributed by atoms with Gasteiger partial charge in [-0.3, -0.25) is 0 Å². The molecule has 0 spiro atoms. The van der Waals surface area contributed by atoms with E-state index in [1.807, 2.05) is 0 Å². The zero-order chi connectivity index (χ0) is 14.0. The number of alkyl halides is 3. The van der Waals surface area contributed by atoms with Crippen LogP contribution < -0.4 is 10.5 Å². The third-order valence-corrected chi connectivity index (χ3v) is 3.21. The Morgan fingerprint density at radius 2 is 2.11 bits per heavy atom. The van der Waals surface area contributed by atoms with Crippen LogP contribution in [0.25, 0.3) is 10.6 Å². The summed E-state index contributed by atoms with van der Waals surface area (Å²) in [5.74, 6) is -0.262. The van der Waals surface area contributed by atoms with Crippen molar-refractivity contribution < 1.29 is 17.9 Å². The summed E-state index contributed by atoms with van der Waals surface area (Å²) >= 11 is 1.33. The van der Waals surface area contributed by atoms with Crippen LogP contribution in [0.2, 0.25) is 0 Å². The van der Waals surface area contributed by atoms with Crippen molar-refractivity contribution >= 4 is 11.3 Å². The summed E-state index contributed by atoms with van der Waals surface area (Å²) in [6.45, 7) is 1.79. The molecule has 2 rings (SSSR count). The zero-order valence-corrected chi connectivity index (χ0v) is 10.8. The Labute approximate surface area is 111 Å². The fraction of sp³-hybridized carbons (Fsp3) is 0.250. The summed E-state index contributed by atoms with van der Waals surface area (Å²) in [6, 6.07) is 5.50. The molecule has 0 saturated carbocycles. The number of hydrogen-bond acceptors (Lipinski definition) is 4. The van der Waals surface area contributed by atoms with Crippen molar-refractivity contribution in [3.8, 4) is 16.3 Å². The number of benzene rings is 1. The van der Waals surface area contributed by atoms with Gasteiger partial charge in [0.2, 0.25) is 0 Å². The first kappa shape index (κ1) is 13.8. The predicted molar refractivity (Wildman–Crippen MR) is 66.8 cm³/mol. The topological polar surface area (TPSA) is 48.1 Å². The number of thiazole rings is 1. The van der Waals surface area contributed by atoms with Gasteiger partial charge in [-0.05, 0) is 19.1 Å². The Morgan fingerprint density at radius 1 is 1.37 bits per heavy atom. The van der Waals surface area contributed by atoms with E-state index in [1.165, 1.54) is 29.5 Å². The highest BCUT2D eigenvalue weighted by molar-refractivity contribution is 7.13. The molecule has 0 aliphatic carbocycles. The lowest BCUT2D eigenvalue weighted by molar-refractivity contribution is -0.274. The van der Waals surface area contributed by atoms with E-state index < -0.39 is 6.36 Å². The van der Waals surface area contributed by atoms with Crippen molar-refractivity contribution in [3.63, 3.8) is 0 Å². The van der Waals surface area contributed by atoms with Crippen molar-refractivity contribution in [2.45, 2.75) is 19.3 Å². The number of halogens is 3. The molecule has 1 heterocycles. The molecule has 0 amide bonds. The maximum absolute atomic E-state index is 12.1. The highest BCUT2D eigenvalue weighted by Crippen LogP contribution is 2.30. The zero-order valence-electron chi connectivity index (χ0n) is 9.94. The molecule has 0 aliphatic rings. The summed E-state index contributed by atoms with van der Waals surface area (Å²) in [5, 5.41) is 2.40. The smallest absolute Gasteiger partial charge is 0.406 e. The molecule has 0 bridgehead atoms. The maximum Gasteiger partial charge on any atom is 0.573 e. The third-order valence-electron chi connectivity index (χ3n) is 2.30. The van der Waals surface area contributed by atoms with E-state index in [0.717, 1.165) is 0 Å². The standard InChI is InChI=1S/C12H11F3N2OS/c1-7(16)10-6-19-11(17-10)8-3-2-4-9(5-8)18-12(13,14)15/h2-7H,16H2,1H3. The molecule has 0 fully saturated rings. The second kappa shape index (κ2) is 5.18. The van der Waals surface area contributed by atoms with E-state index >= 15 is 0 Å². The molecule has 1 unspecified atom stereocenters. The highest BCUT2D eigenvalue weighted by Gasteiger charge is 2.31. The summed E-state index contributed by atoms with van der Waals surface area (Å²) in [4.78, 5) is 4.27. The molecule has 3 nitrogen and oxygen atoms in total. The van der Waals surface area contributed by atoms with Gasteiger partial charge in [0, 0.05) is 17.0 Å². The van der Waals surface area contributed by atoms with Crippen LogP contribution in [0.4, 0.5) is 13.2 Å². The molecule has 1 aromatic carbocycles. The molecule has 2 N–H and O–H groups in total. The van der Waals surface area contributed by atoms with Crippen molar-refractivity contribution in [2.75, 3.05) is 0 Å².